The van der Waals surface area contributed by atoms with Crippen molar-refractivity contribution in [3.63, 3.8) is 0 Å². The third-order valence-electron chi connectivity index (χ3n) is 3.63. The first-order chi connectivity index (χ1) is 11.1. The third-order valence-corrected chi connectivity index (χ3v) is 3.63. The normalized spacial score (nSPS) is 14.5. The molecule has 0 fully saturated rings. The van der Waals surface area contributed by atoms with Gasteiger partial charge in [-0.1, -0.05) is 52.2 Å². The van der Waals surface area contributed by atoms with Crippen LogP contribution in [0.15, 0.2) is 60.2 Å². The highest BCUT2D eigenvalue weighted by Crippen LogP contribution is 2.31. The molecule has 2 heteroatoms. The molecule has 0 saturated carbocycles. The number of nitrogens with zero attached hydrogens (tertiary/aromatic N) is 1. The number of rotatable bonds is 3. The van der Waals surface area contributed by atoms with Crippen molar-refractivity contribution >= 4 is 5.78 Å². The maximum Gasteiger partial charge on any atom is 0.189 e. The Morgan fingerprint density at radius 3 is 2.54 bits per heavy atom. The number of carbonyl (C=O) groups is 1. The van der Waals surface area contributed by atoms with Crippen LogP contribution in [0.3, 0.4) is 0 Å². The molecular formula is C22H27NO. The lowest BCUT2D eigenvalue weighted by molar-refractivity contribution is 0.103. The van der Waals surface area contributed by atoms with Crippen LogP contribution in [0.2, 0.25) is 0 Å². The second-order valence-corrected chi connectivity index (χ2v) is 4.95. The molecule has 1 aliphatic carbocycles. The Bertz CT molecular complexity index is 740. The lowest BCUT2D eigenvalue weighted by Crippen LogP contribution is -1.96. The molecule has 24 heavy (non-hydrogen) atoms. The minimum absolute atomic E-state index is 0. The van der Waals surface area contributed by atoms with Gasteiger partial charge in [-0.15, -0.1) is 0 Å². The quantitative estimate of drug-likeness (QED) is 0.515. The topological polar surface area (TPSA) is 40.9 Å². The molecule has 0 atom stereocenters. The van der Waals surface area contributed by atoms with E-state index >= 15 is 0 Å². The zero-order valence-electron chi connectivity index (χ0n) is 14.3. The molecular weight excluding hydrogens is 294 g/mol. The Morgan fingerprint density at radius 2 is 2.00 bits per heavy atom. The molecule has 0 radical (unpaired) electrons. The highest BCUT2D eigenvalue weighted by atomic mass is 16.1. The molecule has 2 nitrogen and oxygen atoms in total. The van der Waals surface area contributed by atoms with Gasteiger partial charge in [0, 0.05) is 17.6 Å². The second-order valence-electron chi connectivity index (χ2n) is 4.95. The van der Waals surface area contributed by atoms with E-state index < -0.39 is 0 Å². The number of allylic oxidation sites excluding steroid dienone is 7. The predicted molar refractivity (Wildman–Crippen MR) is 103 cm³/mol. The van der Waals surface area contributed by atoms with E-state index in [1.165, 1.54) is 0 Å². The minimum Gasteiger partial charge on any atom is -0.289 e. The zero-order valence-corrected chi connectivity index (χ0v) is 14.3. The molecule has 0 amide bonds. The average molecular weight is 321 g/mol. The summed E-state index contributed by atoms with van der Waals surface area (Å²) in [6, 6.07) is 5.65. The lowest BCUT2D eigenvalue weighted by atomic mass is 9.99. The maximum absolute atomic E-state index is 12.5. The van der Waals surface area contributed by atoms with Crippen LogP contribution in [0.1, 0.15) is 55.2 Å². The molecule has 0 aromatic heterocycles. The maximum atomic E-state index is 12.5. The van der Waals surface area contributed by atoms with E-state index in [2.05, 4.69) is 12.6 Å². The van der Waals surface area contributed by atoms with Gasteiger partial charge in [-0.05, 0) is 48.8 Å². The van der Waals surface area contributed by atoms with E-state index in [0.717, 1.165) is 27.8 Å². The van der Waals surface area contributed by atoms with Gasteiger partial charge in [0.1, 0.15) is 0 Å². The molecule has 2 rings (SSSR count). The highest BCUT2D eigenvalue weighted by molar-refractivity contribution is 6.13. The number of carbonyl (C=O) groups excluding carboxylic acids is 1. The highest BCUT2D eigenvalue weighted by Gasteiger charge is 2.27. The van der Waals surface area contributed by atoms with E-state index in [9.17, 15) is 4.79 Å². The first-order valence-corrected chi connectivity index (χ1v) is 7.85. The molecule has 0 bridgehead atoms. The van der Waals surface area contributed by atoms with Crippen LogP contribution < -0.4 is 0 Å². The molecule has 1 aromatic carbocycles. The van der Waals surface area contributed by atoms with Crippen LogP contribution in [0.25, 0.3) is 0 Å². The van der Waals surface area contributed by atoms with E-state index in [0.29, 0.717) is 12.0 Å². The van der Waals surface area contributed by atoms with Crippen LogP contribution in [-0.4, -0.2) is 5.78 Å². The first kappa shape index (κ1) is 21.3. The van der Waals surface area contributed by atoms with Crippen LogP contribution >= 0.6 is 0 Å². The van der Waals surface area contributed by atoms with Gasteiger partial charge in [-0.2, -0.15) is 5.26 Å². The van der Waals surface area contributed by atoms with Gasteiger partial charge < -0.3 is 0 Å². The van der Waals surface area contributed by atoms with E-state index in [4.69, 9.17) is 5.26 Å². The molecule has 1 aliphatic rings. The predicted octanol–water partition coefficient (Wildman–Crippen LogP) is 5.88. The molecule has 0 heterocycles. The Morgan fingerprint density at radius 1 is 1.33 bits per heavy atom. The van der Waals surface area contributed by atoms with Crippen molar-refractivity contribution in [1.29, 1.82) is 5.26 Å². The monoisotopic (exact) mass is 321 g/mol. The van der Waals surface area contributed by atoms with Crippen LogP contribution in [0.4, 0.5) is 0 Å². The Kier molecular flexibility index (Phi) is 9.05. The van der Waals surface area contributed by atoms with Crippen molar-refractivity contribution in [3.05, 3.63) is 82.5 Å². The Labute approximate surface area is 146 Å². The van der Waals surface area contributed by atoms with Crippen LogP contribution in [0, 0.1) is 18.3 Å². The number of hydrogen-bond donors (Lipinski definition) is 0. The van der Waals surface area contributed by atoms with Crippen molar-refractivity contribution < 1.29 is 4.79 Å². The smallest absolute Gasteiger partial charge is 0.189 e. The number of fused-ring (bicyclic) bond motifs is 1. The SMILES string of the molecule is C.C=C/C=C(\C=C/C)/C=C1\Cc2c(ccc(C#N)c2C)C1=O.CC. The number of Topliss-reactive ketones (excluding diaryl/α,β-unsaturated/α-hetero) is 1. The summed E-state index contributed by atoms with van der Waals surface area (Å²) in [6.45, 7) is 11.5. The summed E-state index contributed by atoms with van der Waals surface area (Å²) in [6.07, 6.45) is 9.93. The number of nitriles is 1. The van der Waals surface area contributed by atoms with Crippen molar-refractivity contribution in [2.75, 3.05) is 0 Å². The van der Waals surface area contributed by atoms with Gasteiger partial charge in [0.15, 0.2) is 5.78 Å². The number of ketones is 1. The molecule has 0 unspecified atom stereocenters. The fourth-order valence-corrected chi connectivity index (χ4v) is 2.56. The van der Waals surface area contributed by atoms with Crippen LogP contribution in [-0.2, 0) is 6.42 Å². The first-order valence-electron chi connectivity index (χ1n) is 7.85. The molecule has 0 aliphatic heterocycles. The standard InChI is InChI=1S/C19H17NO.C2H6.CH4/c1-4-6-14(7-5-2)10-16-11-18-13(3)15(12-20)8-9-17(18)19(16)21;1-2;/h4-10H,1,11H2,2-3H3;1-2H3;1H4/b7-5-,14-6+,16-10+;;. The number of benzene rings is 1. The molecule has 0 N–H and O–H groups in total. The summed E-state index contributed by atoms with van der Waals surface area (Å²) in [5.74, 6) is 0.0528. The van der Waals surface area contributed by atoms with Crippen molar-refractivity contribution in [2.45, 2.75) is 41.5 Å². The van der Waals surface area contributed by atoms with Gasteiger partial charge in [0.05, 0.1) is 11.6 Å². The fourth-order valence-electron chi connectivity index (χ4n) is 2.56. The molecule has 1 aromatic rings. The van der Waals surface area contributed by atoms with Gasteiger partial charge in [-0.3, -0.25) is 4.79 Å². The lowest BCUT2D eigenvalue weighted by Gasteiger charge is -2.03. The summed E-state index contributed by atoms with van der Waals surface area (Å²) in [4.78, 5) is 12.5. The van der Waals surface area contributed by atoms with E-state index in [-0.39, 0.29) is 13.2 Å². The second kappa shape index (κ2) is 10.2. The zero-order chi connectivity index (χ0) is 17.4. The summed E-state index contributed by atoms with van der Waals surface area (Å²) in [7, 11) is 0. The Balaban J connectivity index is 0.00000170. The number of hydrogen-bond acceptors (Lipinski definition) is 2. The van der Waals surface area contributed by atoms with E-state index in [1.807, 2.05) is 52.0 Å². The fraction of sp³-hybridized carbons (Fsp3) is 0.273. The van der Waals surface area contributed by atoms with Gasteiger partial charge in [0.25, 0.3) is 0 Å². The summed E-state index contributed by atoms with van der Waals surface area (Å²) in [5.41, 5.74) is 4.95. The largest absolute Gasteiger partial charge is 0.289 e. The van der Waals surface area contributed by atoms with Gasteiger partial charge >= 0.3 is 0 Å². The summed E-state index contributed by atoms with van der Waals surface area (Å²) >= 11 is 0. The average Bonchev–Trinajstić information content (AvgIpc) is 2.88. The van der Waals surface area contributed by atoms with Gasteiger partial charge in [-0.25, -0.2) is 0 Å². The van der Waals surface area contributed by atoms with Crippen molar-refractivity contribution in [1.82, 2.24) is 0 Å². The molecule has 0 spiro atoms. The van der Waals surface area contributed by atoms with Crippen molar-refractivity contribution in [3.8, 4) is 6.07 Å². The van der Waals surface area contributed by atoms with Gasteiger partial charge in [0.2, 0.25) is 0 Å². The summed E-state index contributed by atoms with van der Waals surface area (Å²) in [5, 5.41) is 9.09. The van der Waals surface area contributed by atoms with E-state index in [1.54, 1.807) is 18.2 Å². The minimum atomic E-state index is 0. The summed E-state index contributed by atoms with van der Waals surface area (Å²) < 4.78 is 0. The van der Waals surface area contributed by atoms with Crippen LogP contribution in [0.5, 0.6) is 0 Å². The Hall–Kier alpha value is -2.66. The molecule has 126 valence electrons. The third kappa shape index (κ3) is 4.43. The molecule has 0 saturated heterocycles. The van der Waals surface area contributed by atoms with Crippen molar-refractivity contribution in [2.24, 2.45) is 0 Å².